The Balaban J connectivity index is 3.96. The summed E-state index contributed by atoms with van der Waals surface area (Å²) >= 11 is 0. The number of carbonyl (C=O) groups is 2. The summed E-state index contributed by atoms with van der Waals surface area (Å²) in [7, 11) is 1.47. The lowest BCUT2D eigenvalue weighted by Gasteiger charge is -2.24. The molecule has 0 aromatic carbocycles. The van der Waals surface area contributed by atoms with Gasteiger partial charge in [0.1, 0.15) is 19.8 Å². The van der Waals surface area contributed by atoms with Gasteiger partial charge in [0.15, 0.2) is 6.10 Å². The van der Waals surface area contributed by atoms with E-state index in [1.807, 2.05) is 21.1 Å². The number of nitrogens with zero attached hydrogens (tertiary/aromatic N) is 1. The van der Waals surface area contributed by atoms with E-state index in [4.69, 9.17) is 18.5 Å². The molecule has 0 aromatic heterocycles. The molecule has 0 heterocycles. The van der Waals surface area contributed by atoms with E-state index in [9.17, 15) is 19.0 Å². The second kappa shape index (κ2) is 58.8. The maximum atomic E-state index is 12.8. The maximum Gasteiger partial charge on any atom is 0.472 e. The normalized spacial score (nSPS) is 13.8. The number of rotatable bonds is 59. The summed E-state index contributed by atoms with van der Waals surface area (Å²) in [6.07, 6.45) is 79.7. The van der Waals surface area contributed by atoms with Crippen LogP contribution >= 0.6 is 7.82 Å². The van der Waals surface area contributed by atoms with Crippen molar-refractivity contribution in [3.63, 3.8) is 0 Å². The van der Waals surface area contributed by atoms with Crippen LogP contribution in [0.15, 0.2) is 85.1 Å². The zero-order chi connectivity index (χ0) is 57.0. The molecule has 9 nitrogen and oxygen atoms in total. The van der Waals surface area contributed by atoms with Gasteiger partial charge in [-0.05, 0) is 83.5 Å². The topological polar surface area (TPSA) is 108 Å². The zero-order valence-electron chi connectivity index (χ0n) is 51.4. The first kappa shape index (κ1) is 75.2. The van der Waals surface area contributed by atoms with Gasteiger partial charge in [0, 0.05) is 12.8 Å². The number of phosphoric acid groups is 1. The van der Waals surface area contributed by atoms with Gasteiger partial charge in [-0.2, -0.15) is 0 Å². The van der Waals surface area contributed by atoms with Crippen molar-refractivity contribution in [1.82, 2.24) is 0 Å². The van der Waals surface area contributed by atoms with E-state index >= 15 is 0 Å². The molecule has 1 N–H and O–H groups in total. The van der Waals surface area contributed by atoms with Crippen molar-refractivity contribution in [3.8, 4) is 0 Å². The number of phosphoric ester groups is 1. The Morgan fingerprint density at radius 1 is 0.397 bits per heavy atom. The number of hydrogen-bond acceptors (Lipinski definition) is 7. The maximum absolute atomic E-state index is 12.8. The molecule has 2 atom stereocenters. The summed E-state index contributed by atoms with van der Waals surface area (Å²) in [5.41, 5.74) is 0. The molecule has 0 saturated carbocycles. The summed E-state index contributed by atoms with van der Waals surface area (Å²) in [4.78, 5) is 35.7. The largest absolute Gasteiger partial charge is 0.472 e. The van der Waals surface area contributed by atoms with Gasteiger partial charge < -0.3 is 18.9 Å². The minimum absolute atomic E-state index is 0.0288. The number of unbranched alkanes of at least 4 members (excludes halogenated alkanes) is 31. The van der Waals surface area contributed by atoms with Crippen LogP contribution in [0.3, 0.4) is 0 Å². The molecule has 0 fully saturated rings. The number of ether oxygens (including phenoxy) is 2. The van der Waals surface area contributed by atoms with Crippen LogP contribution in [0, 0.1) is 0 Å². The molecule has 0 aliphatic carbocycles. The van der Waals surface area contributed by atoms with Crippen LogP contribution < -0.4 is 0 Å². The third-order valence-corrected chi connectivity index (χ3v) is 14.9. The van der Waals surface area contributed by atoms with Gasteiger partial charge in [0.05, 0.1) is 27.7 Å². The number of esters is 2. The summed E-state index contributed by atoms with van der Waals surface area (Å²) in [5, 5.41) is 0. The molecule has 452 valence electrons. The van der Waals surface area contributed by atoms with Crippen molar-refractivity contribution < 1.29 is 42.1 Å². The van der Waals surface area contributed by atoms with E-state index in [1.165, 1.54) is 161 Å². The van der Waals surface area contributed by atoms with Gasteiger partial charge in [-0.25, -0.2) is 4.57 Å². The van der Waals surface area contributed by atoms with Crippen molar-refractivity contribution in [2.75, 3.05) is 47.5 Å². The van der Waals surface area contributed by atoms with E-state index in [-0.39, 0.29) is 32.0 Å². The molecule has 0 saturated heterocycles. The van der Waals surface area contributed by atoms with Crippen LogP contribution in [-0.4, -0.2) is 74.9 Å². The Labute approximate surface area is 481 Å². The summed E-state index contributed by atoms with van der Waals surface area (Å²) in [6.45, 7) is 4.22. The fourth-order valence-electron chi connectivity index (χ4n) is 9.02. The fourth-order valence-corrected chi connectivity index (χ4v) is 9.77. The second-order valence-electron chi connectivity index (χ2n) is 22.7. The highest BCUT2D eigenvalue weighted by atomic mass is 31.2. The van der Waals surface area contributed by atoms with Crippen LogP contribution in [0.1, 0.15) is 284 Å². The van der Waals surface area contributed by atoms with E-state index in [1.54, 1.807) is 0 Å². The molecule has 0 bridgehead atoms. The second-order valence-corrected chi connectivity index (χ2v) is 24.2. The van der Waals surface area contributed by atoms with Gasteiger partial charge in [0.2, 0.25) is 0 Å². The molecule has 0 aliphatic rings. The number of carbonyl (C=O) groups excluding carboxylic acids is 2. The third kappa shape index (κ3) is 62.4. The highest BCUT2D eigenvalue weighted by molar-refractivity contribution is 7.47. The molecular weight excluding hydrogens is 990 g/mol. The van der Waals surface area contributed by atoms with E-state index in [0.29, 0.717) is 17.4 Å². The summed E-state index contributed by atoms with van der Waals surface area (Å²) in [6, 6.07) is 0. The lowest BCUT2D eigenvalue weighted by molar-refractivity contribution is -0.870. The molecule has 0 radical (unpaired) electrons. The molecule has 0 aliphatic heterocycles. The molecule has 10 heteroatoms. The van der Waals surface area contributed by atoms with E-state index in [2.05, 4.69) is 98.9 Å². The van der Waals surface area contributed by atoms with Crippen LogP contribution in [-0.2, 0) is 32.7 Å². The smallest absolute Gasteiger partial charge is 0.462 e. The average Bonchev–Trinajstić information content (AvgIpc) is 3.41. The molecule has 2 unspecified atom stereocenters. The Bertz CT molecular complexity index is 1590. The quantitative estimate of drug-likeness (QED) is 0.0211. The van der Waals surface area contributed by atoms with Crippen LogP contribution in [0.5, 0.6) is 0 Å². The number of likely N-dealkylation sites (N-methyl/N-ethyl adjacent to an activating group) is 1. The van der Waals surface area contributed by atoms with Gasteiger partial charge in [-0.15, -0.1) is 0 Å². The summed E-state index contributed by atoms with van der Waals surface area (Å²) in [5.74, 6) is -0.801. The average molecular weight is 1110 g/mol. The fraction of sp³-hybridized carbons (Fsp3) is 0.765. The minimum Gasteiger partial charge on any atom is -0.462 e. The first-order valence-electron chi connectivity index (χ1n) is 32.3. The lowest BCUT2D eigenvalue weighted by Crippen LogP contribution is -2.37. The molecule has 0 amide bonds. The molecule has 0 spiro atoms. The zero-order valence-corrected chi connectivity index (χ0v) is 52.3. The number of quaternary nitrogens is 1. The lowest BCUT2D eigenvalue weighted by atomic mass is 10.0. The Hall–Kier alpha value is -2.81. The number of allylic oxidation sites excluding steroid dienone is 14. The highest BCUT2D eigenvalue weighted by Crippen LogP contribution is 2.43. The monoisotopic (exact) mass is 1110 g/mol. The Morgan fingerprint density at radius 2 is 0.692 bits per heavy atom. The van der Waals surface area contributed by atoms with Crippen molar-refractivity contribution in [3.05, 3.63) is 85.1 Å². The Morgan fingerprint density at radius 3 is 1.03 bits per heavy atom. The third-order valence-electron chi connectivity index (χ3n) is 13.9. The molecule has 0 rings (SSSR count). The standard InChI is InChI=1S/C68H122NO8P/c1-6-8-10-12-14-16-18-20-22-24-25-26-27-28-29-30-31-32-33-34-35-36-37-38-39-40-41-42-43-45-47-49-51-53-55-57-59-61-68(71)77-66(65-76-78(72,73)75-63-62-69(3,4)5)64-74-67(70)60-58-56-54-52-50-48-46-44-23-21-19-17-15-13-11-9-7-2/h8-11,14-17,20-23,25-26,66H,6-7,12-13,18-19,24,27-65H2,1-5H3/p+1/b10-8-,11-9-,16-14-,17-15-,22-20-,23-21-,26-25-. The van der Waals surface area contributed by atoms with Crippen molar-refractivity contribution in [1.29, 1.82) is 0 Å². The first-order valence-corrected chi connectivity index (χ1v) is 33.8. The SMILES string of the molecule is CC/C=C\C/C=C\C/C=C\C/C=C\CCCCCCCCCCCCCCCCCCCCCCCCCCC(=O)OC(COC(=O)CCCCCCCCC/C=C\C/C=C\C/C=C\CC)COP(=O)(O)OCC[N+](C)(C)C. The van der Waals surface area contributed by atoms with Crippen LogP contribution in [0.2, 0.25) is 0 Å². The summed E-state index contributed by atoms with van der Waals surface area (Å²) < 4.78 is 34.6. The van der Waals surface area contributed by atoms with Crippen molar-refractivity contribution in [2.45, 2.75) is 290 Å². The van der Waals surface area contributed by atoms with E-state index < -0.39 is 26.5 Å². The van der Waals surface area contributed by atoms with Gasteiger partial charge in [0.25, 0.3) is 0 Å². The first-order chi connectivity index (χ1) is 38.0. The predicted molar refractivity (Wildman–Crippen MR) is 335 cm³/mol. The van der Waals surface area contributed by atoms with Gasteiger partial charge in [-0.3, -0.25) is 18.6 Å². The van der Waals surface area contributed by atoms with E-state index in [0.717, 1.165) is 89.9 Å². The minimum atomic E-state index is -4.39. The molecule has 78 heavy (non-hydrogen) atoms. The van der Waals surface area contributed by atoms with Gasteiger partial charge >= 0.3 is 19.8 Å². The molecular formula is C68H123NO8P+. The highest BCUT2D eigenvalue weighted by Gasteiger charge is 2.27. The molecule has 0 aromatic rings. The van der Waals surface area contributed by atoms with Crippen molar-refractivity contribution in [2.24, 2.45) is 0 Å². The van der Waals surface area contributed by atoms with Crippen LogP contribution in [0.4, 0.5) is 0 Å². The van der Waals surface area contributed by atoms with Crippen LogP contribution in [0.25, 0.3) is 0 Å². The van der Waals surface area contributed by atoms with Gasteiger partial charge in [-0.1, -0.05) is 272 Å². The van der Waals surface area contributed by atoms with Crippen molar-refractivity contribution >= 4 is 19.8 Å². The predicted octanol–water partition coefficient (Wildman–Crippen LogP) is 20.6. The number of hydrogen-bond donors (Lipinski definition) is 1. The Kier molecular flexibility index (Phi) is 56.7.